The van der Waals surface area contributed by atoms with E-state index in [0.29, 0.717) is 6.61 Å². The van der Waals surface area contributed by atoms with Crippen LogP contribution in [0.15, 0.2) is 66.7 Å². The second-order valence-electron chi connectivity index (χ2n) is 5.45. The fraction of sp³-hybridized carbons (Fsp3) is 0.263. The predicted octanol–water partition coefficient (Wildman–Crippen LogP) is 4.62. The molecule has 21 heavy (non-hydrogen) atoms. The third kappa shape index (κ3) is 5.09. The minimum absolute atomic E-state index is 0.0296. The summed E-state index contributed by atoms with van der Waals surface area (Å²) in [5.41, 5.74) is 9.67. The van der Waals surface area contributed by atoms with Gasteiger partial charge in [-0.2, -0.15) is 0 Å². The fourth-order valence-corrected chi connectivity index (χ4v) is 2.14. The molecule has 2 heteroatoms. The van der Waals surface area contributed by atoms with Crippen molar-refractivity contribution in [2.24, 2.45) is 5.73 Å². The number of benzene rings is 2. The highest BCUT2D eigenvalue weighted by molar-refractivity contribution is 5.31. The van der Waals surface area contributed by atoms with E-state index in [2.05, 4.69) is 24.8 Å². The molecule has 2 nitrogen and oxygen atoms in total. The number of ether oxygens (including phenoxy) is 1. The number of hydrogen-bond donors (Lipinski definition) is 1. The molecule has 0 aliphatic carbocycles. The molecule has 0 aliphatic rings. The highest BCUT2D eigenvalue weighted by atomic mass is 16.5. The maximum absolute atomic E-state index is 6.22. The van der Waals surface area contributed by atoms with Gasteiger partial charge in [-0.15, -0.1) is 6.58 Å². The van der Waals surface area contributed by atoms with Crippen molar-refractivity contribution in [3.63, 3.8) is 0 Å². The van der Waals surface area contributed by atoms with Crippen molar-refractivity contribution in [2.75, 3.05) is 0 Å². The lowest BCUT2D eigenvalue weighted by Gasteiger charge is -2.14. The first-order chi connectivity index (χ1) is 10.1. The molecule has 0 heterocycles. The Kier molecular flexibility index (Phi) is 5.59. The van der Waals surface area contributed by atoms with Crippen molar-refractivity contribution < 1.29 is 4.74 Å². The minimum Gasteiger partial charge on any atom is -0.489 e. The Bertz CT molecular complexity index is 577. The van der Waals surface area contributed by atoms with E-state index in [9.17, 15) is 0 Å². The summed E-state index contributed by atoms with van der Waals surface area (Å²) in [5, 5.41) is 0. The Morgan fingerprint density at radius 3 is 2.62 bits per heavy atom. The van der Waals surface area contributed by atoms with Crippen LogP contribution in [0, 0.1) is 0 Å². The van der Waals surface area contributed by atoms with Gasteiger partial charge in [-0.3, -0.25) is 0 Å². The molecular formula is C19H23NO. The van der Waals surface area contributed by atoms with Gasteiger partial charge in [0.2, 0.25) is 0 Å². The van der Waals surface area contributed by atoms with Crippen molar-refractivity contribution in [2.45, 2.75) is 32.4 Å². The third-order valence-corrected chi connectivity index (χ3v) is 3.42. The van der Waals surface area contributed by atoms with Crippen LogP contribution in [0.25, 0.3) is 0 Å². The van der Waals surface area contributed by atoms with E-state index in [1.54, 1.807) is 0 Å². The van der Waals surface area contributed by atoms with Gasteiger partial charge < -0.3 is 10.5 Å². The van der Waals surface area contributed by atoms with Crippen molar-refractivity contribution in [1.82, 2.24) is 0 Å². The molecule has 0 bridgehead atoms. The van der Waals surface area contributed by atoms with Gasteiger partial charge in [0.15, 0.2) is 0 Å². The average Bonchev–Trinajstić information content (AvgIpc) is 2.52. The van der Waals surface area contributed by atoms with E-state index >= 15 is 0 Å². The van der Waals surface area contributed by atoms with Gasteiger partial charge in [-0.1, -0.05) is 48.0 Å². The molecule has 2 aromatic rings. The van der Waals surface area contributed by atoms with E-state index in [1.165, 1.54) is 5.57 Å². The average molecular weight is 281 g/mol. The summed E-state index contributed by atoms with van der Waals surface area (Å²) in [5.74, 6) is 0.863. The molecule has 0 aromatic heterocycles. The Balaban J connectivity index is 1.95. The lowest BCUT2D eigenvalue weighted by molar-refractivity contribution is 0.305. The molecule has 0 amide bonds. The van der Waals surface area contributed by atoms with E-state index in [1.807, 2.05) is 43.3 Å². The van der Waals surface area contributed by atoms with E-state index in [-0.39, 0.29) is 6.04 Å². The first-order valence-electron chi connectivity index (χ1n) is 7.32. The summed E-state index contributed by atoms with van der Waals surface area (Å²) in [4.78, 5) is 0. The highest BCUT2D eigenvalue weighted by Gasteiger charge is 2.07. The molecule has 2 rings (SSSR count). The van der Waals surface area contributed by atoms with Crippen molar-refractivity contribution >= 4 is 0 Å². The first-order valence-corrected chi connectivity index (χ1v) is 7.32. The van der Waals surface area contributed by atoms with Gasteiger partial charge in [0.05, 0.1) is 0 Å². The third-order valence-electron chi connectivity index (χ3n) is 3.42. The number of allylic oxidation sites excluding steroid dienone is 1. The number of rotatable bonds is 7. The summed E-state index contributed by atoms with van der Waals surface area (Å²) in [6.45, 7) is 6.53. The van der Waals surface area contributed by atoms with Crippen LogP contribution in [0.2, 0.25) is 0 Å². The van der Waals surface area contributed by atoms with E-state index in [0.717, 1.165) is 29.7 Å². The molecule has 2 N–H and O–H groups in total. The molecule has 0 radical (unpaired) electrons. The van der Waals surface area contributed by atoms with Gasteiger partial charge in [-0.05, 0) is 43.0 Å². The summed E-state index contributed by atoms with van der Waals surface area (Å²) < 4.78 is 5.84. The Morgan fingerprint density at radius 1 is 1.14 bits per heavy atom. The molecule has 0 saturated heterocycles. The smallest absolute Gasteiger partial charge is 0.120 e. The SMILES string of the molecule is C=C(C)CCC(N)c1cccc(OCc2ccccc2)c1. The monoisotopic (exact) mass is 281 g/mol. The lowest BCUT2D eigenvalue weighted by Crippen LogP contribution is -2.10. The zero-order valence-electron chi connectivity index (χ0n) is 12.6. The van der Waals surface area contributed by atoms with Crippen LogP contribution in [0.3, 0.4) is 0 Å². The Labute approximate surface area is 127 Å². The molecule has 0 fully saturated rings. The van der Waals surface area contributed by atoms with E-state index < -0.39 is 0 Å². The maximum Gasteiger partial charge on any atom is 0.120 e. The summed E-state index contributed by atoms with van der Waals surface area (Å²) in [6.07, 6.45) is 1.87. The lowest BCUT2D eigenvalue weighted by atomic mass is 10.0. The normalized spacial score (nSPS) is 11.9. The molecular weight excluding hydrogens is 258 g/mol. The highest BCUT2D eigenvalue weighted by Crippen LogP contribution is 2.22. The van der Waals surface area contributed by atoms with Gasteiger partial charge in [0.1, 0.15) is 12.4 Å². The van der Waals surface area contributed by atoms with Crippen LogP contribution < -0.4 is 10.5 Å². The van der Waals surface area contributed by atoms with Gasteiger partial charge in [0, 0.05) is 6.04 Å². The largest absolute Gasteiger partial charge is 0.489 e. The molecule has 0 aliphatic heterocycles. The van der Waals surface area contributed by atoms with Crippen LogP contribution >= 0.6 is 0 Å². The molecule has 0 saturated carbocycles. The Hall–Kier alpha value is -2.06. The van der Waals surface area contributed by atoms with Crippen LogP contribution in [0.4, 0.5) is 0 Å². The van der Waals surface area contributed by atoms with Crippen LogP contribution in [0.5, 0.6) is 5.75 Å². The second kappa shape index (κ2) is 7.65. The van der Waals surface area contributed by atoms with Gasteiger partial charge >= 0.3 is 0 Å². The second-order valence-corrected chi connectivity index (χ2v) is 5.45. The zero-order chi connectivity index (χ0) is 15.1. The molecule has 1 atom stereocenters. The van der Waals surface area contributed by atoms with Gasteiger partial charge in [-0.25, -0.2) is 0 Å². The van der Waals surface area contributed by atoms with Crippen molar-refractivity contribution in [3.05, 3.63) is 77.9 Å². The standard InChI is InChI=1S/C19H23NO/c1-15(2)11-12-19(20)17-9-6-10-18(13-17)21-14-16-7-4-3-5-8-16/h3-10,13,19H,1,11-12,14,20H2,2H3. The quantitative estimate of drug-likeness (QED) is 0.751. The van der Waals surface area contributed by atoms with Gasteiger partial charge in [0.25, 0.3) is 0 Å². The summed E-state index contributed by atoms with van der Waals surface area (Å²) in [6, 6.07) is 18.2. The van der Waals surface area contributed by atoms with E-state index in [4.69, 9.17) is 10.5 Å². The van der Waals surface area contributed by atoms with Crippen molar-refractivity contribution in [1.29, 1.82) is 0 Å². The molecule has 0 spiro atoms. The van der Waals surface area contributed by atoms with Crippen LogP contribution in [0.1, 0.15) is 36.9 Å². The Morgan fingerprint density at radius 2 is 1.90 bits per heavy atom. The van der Waals surface area contributed by atoms with Crippen LogP contribution in [-0.2, 0) is 6.61 Å². The number of hydrogen-bond acceptors (Lipinski definition) is 2. The fourth-order valence-electron chi connectivity index (χ4n) is 2.14. The maximum atomic E-state index is 6.22. The first kappa shape index (κ1) is 15.3. The molecule has 110 valence electrons. The predicted molar refractivity (Wildman–Crippen MR) is 88.2 cm³/mol. The zero-order valence-corrected chi connectivity index (χ0v) is 12.6. The summed E-state index contributed by atoms with van der Waals surface area (Å²) in [7, 11) is 0. The minimum atomic E-state index is 0.0296. The topological polar surface area (TPSA) is 35.2 Å². The molecule has 2 aromatic carbocycles. The molecule has 1 unspecified atom stereocenters. The number of nitrogens with two attached hydrogens (primary N) is 1. The van der Waals surface area contributed by atoms with Crippen LogP contribution in [-0.4, -0.2) is 0 Å². The summed E-state index contributed by atoms with van der Waals surface area (Å²) >= 11 is 0. The van der Waals surface area contributed by atoms with Crippen molar-refractivity contribution in [3.8, 4) is 5.75 Å².